The number of rotatable bonds is 4. The Morgan fingerprint density at radius 2 is 1.74 bits per heavy atom. The molecule has 0 fully saturated rings. The third kappa shape index (κ3) is 4.51. The Hall–Kier alpha value is -2.44. The van der Waals surface area contributed by atoms with Gasteiger partial charge in [-0.05, 0) is 48.6 Å². The van der Waals surface area contributed by atoms with E-state index in [4.69, 9.17) is 6.42 Å². The van der Waals surface area contributed by atoms with Crippen molar-refractivity contribution in [2.24, 2.45) is 0 Å². The fraction of sp³-hybridized carbons (Fsp3) is 0.304. The zero-order chi connectivity index (χ0) is 16.7. The van der Waals surface area contributed by atoms with Crippen LogP contribution in [-0.4, -0.2) is 0 Å². The minimum Gasteiger partial charge on any atom is -0.118 e. The molecule has 0 radical (unpaired) electrons. The van der Waals surface area contributed by atoms with Crippen molar-refractivity contribution < 1.29 is 0 Å². The van der Waals surface area contributed by atoms with Crippen LogP contribution in [0.1, 0.15) is 54.0 Å². The quantitative estimate of drug-likeness (QED) is 0.674. The molecule has 0 amide bonds. The van der Waals surface area contributed by atoms with E-state index in [0.717, 1.165) is 30.4 Å². The van der Waals surface area contributed by atoms with Gasteiger partial charge in [-0.15, -0.1) is 6.42 Å². The molecule has 0 heteroatoms. The lowest BCUT2D eigenvalue weighted by atomic mass is 9.93. The van der Waals surface area contributed by atoms with Gasteiger partial charge in [-0.1, -0.05) is 73.9 Å². The first-order chi connectivity index (χ1) is 11.2. The fourth-order valence-electron chi connectivity index (χ4n) is 2.69. The molecule has 0 aliphatic rings. The zero-order valence-electron chi connectivity index (χ0n) is 14.3. The number of aryl methyl sites for hydroxylation is 3. The lowest BCUT2D eigenvalue weighted by Gasteiger charge is -2.11. The van der Waals surface area contributed by atoms with Crippen LogP contribution in [0.5, 0.6) is 0 Å². The molecule has 2 rings (SSSR count). The van der Waals surface area contributed by atoms with Crippen LogP contribution < -0.4 is 0 Å². The van der Waals surface area contributed by atoms with Gasteiger partial charge < -0.3 is 0 Å². The highest BCUT2D eigenvalue weighted by Gasteiger charge is 2.08. The number of benzene rings is 2. The van der Waals surface area contributed by atoms with Crippen LogP contribution in [0.4, 0.5) is 0 Å². The maximum Gasteiger partial charge on any atom is 0.106 e. The van der Waals surface area contributed by atoms with Gasteiger partial charge in [-0.25, -0.2) is 0 Å². The van der Waals surface area contributed by atoms with Crippen molar-refractivity contribution in [3.05, 3.63) is 70.3 Å². The molecule has 0 heterocycles. The molecular weight excluding hydrogens is 276 g/mol. The highest BCUT2D eigenvalue weighted by molar-refractivity contribution is 5.45. The summed E-state index contributed by atoms with van der Waals surface area (Å²) in [6.45, 7) is 6.48. The SMILES string of the molecule is C#CC(C#Cc1ccc(C)cc1)c1ccc(CC)c(CCC)c1. The summed E-state index contributed by atoms with van der Waals surface area (Å²) in [4.78, 5) is 0. The van der Waals surface area contributed by atoms with E-state index in [1.807, 2.05) is 12.1 Å². The maximum atomic E-state index is 5.74. The van der Waals surface area contributed by atoms with Crippen LogP contribution in [-0.2, 0) is 12.8 Å². The second kappa shape index (κ2) is 8.26. The van der Waals surface area contributed by atoms with E-state index in [0.29, 0.717) is 0 Å². The first kappa shape index (κ1) is 16.9. The molecule has 2 aromatic rings. The Labute approximate surface area is 141 Å². The van der Waals surface area contributed by atoms with E-state index in [1.165, 1.54) is 16.7 Å². The first-order valence-electron chi connectivity index (χ1n) is 8.34. The molecule has 23 heavy (non-hydrogen) atoms. The summed E-state index contributed by atoms with van der Waals surface area (Å²) in [6, 6.07) is 14.8. The van der Waals surface area contributed by atoms with E-state index >= 15 is 0 Å². The minimum atomic E-state index is -0.155. The van der Waals surface area contributed by atoms with Crippen LogP contribution in [0.25, 0.3) is 0 Å². The number of hydrogen-bond acceptors (Lipinski definition) is 0. The molecule has 0 saturated carbocycles. The molecule has 1 atom stereocenters. The lowest BCUT2D eigenvalue weighted by Crippen LogP contribution is -1.98. The monoisotopic (exact) mass is 300 g/mol. The van der Waals surface area contributed by atoms with Crippen LogP contribution >= 0.6 is 0 Å². The topological polar surface area (TPSA) is 0 Å². The van der Waals surface area contributed by atoms with Crippen molar-refractivity contribution in [3.63, 3.8) is 0 Å². The molecule has 0 spiro atoms. The van der Waals surface area contributed by atoms with Gasteiger partial charge in [0.1, 0.15) is 5.92 Å². The van der Waals surface area contributed by atoms with E-state index in [-0.39, 0.29) is 5.92 Å². The van der Waals surface area contributed by atoms with Gasteiger partial charge in [0.15, 0.2) is 0 Å². The van der Waals surface area contributed by atoms with Crippen LogP contribution in [0.3, 0.4) is 0 Å². The van der Waals surface area contributed by atoms with Gasteiger partial charge in [0.2, 0.25) is 0 Å². The maximum absolute atomic E-state index is 5.74. The van der Waals surface area contributed by atoms with Crippen molar-refractivity contribution in [2.45, 2.75) is 46.0 Å². The fourth-order valence-corrected chi connectivity index (χ4v) is 2.69. The van der Waals surface area contributed by atoms with Crippen LogP contribution in [0, 0.1) is 31.1 Å². The van der Waals surface area contributed by atoms with Crippen molar-refractivity contribution in [1.29, 1.82) is 0 Å². The molecule has 1 unspecified atom stereocenters. The average molecular weight is 300 g/mol. The van der Waals surface area contributed by atoms with Gasteiger partial charge in [0, 0.05) is 5.56 Å². The molecular formula is C23H24. The molecule has 2 aromatic carbocycles. The largest absolute Gasteiger partial charge is 0.118 e. The molecule has 0 aliphatic heterocycles. The standard InChI is InChI=1S/C23H24/c1-5-8-22-17-23(16-15-21(22)7-3)20(6-2)14-13-19-11-9-18(4)10-12-19/h2,9-12,15-17,20H,5,7-8H2,1,3-4H3. The summed E-state index contributed by atoms with van der Waals surface area (Å²) >= 11 is 0. The molecule has 0 nitrogen and oxygen atoms in total. The predicted molar refractivity (Wildman–Crippen MR) is 99.4 cm³/mol. The van der Waals surface area contributed by atoms with Gasteiger partial charge in [-0.2, -0.15) is 0 Å². The van der Waals surface area contributed by atoms with E-state index < -0.39 is 0 Å². The van der Waals surface area contributed by atoms with Gasteiger partial charge in [-0.3, -0.25) is 0 Å². The molecule has 116 valence electrons. The third-order valence-corrected chi connectivity index (χ3v) is 4.04. The van der Waals surface area contributed by atoms with Crippen molar-refractivity contribution in [2.75, 3.05) is 0 Å². The second-order valence-corrected chi connectivity index (χ2v) is 5.87. The van der Waals surface area contributed by atoms with Crippen LogP contribution in [0.2, 0.25) is 0 Å². The smallest absolute Gasteiger partial charge is 0.106 e. The Kier molecular flexibility index (Phi) is 6.08. The Bertz CT molecular complexity index is 745. The molecule has 0 bridgehead atoms. The first-order valence-corrected chi connectivity index (χ1v) is 8.34. The predicted octanol–water partition coefficient (Wildman–Crippen LogP) is 5.28. The summed E-state index contributed by atoms with van der Waals surface area (Å²) in [6.07, 6.45) is 9.04. The summed E-state index contributed by atoms with van der Waals surface area (Å²) < 4.78 is 0. The van der Waals surface area contributed by atoms with Gasteiger partial charge in [0.05, 0.1) is 0 Å². The summed E-state index contributed by atoms with van der Waals surface area (Å²) in [5.74, 6) is 9.13. The number of hydrogen-bond donors (Lipinski definition) is 0. The molecule has 0 aliphatic carbocycles. The van der Waals surface area contributed by atoms with Crippen molar-refractivity contribution in [1.82, 2.24) is 0 Å². The highest BCUT2D eigenvalue weighted by atomic mass is 14.1. The van der Waals surface area contributed by atoms with Crippen molar-refractivity contribution >= 4 is 0 Å². The Balaban J connectivity index is 2.29. The molecule has 0 aromatic heterocycles. The second-order valence-electron chi connectivity index (χ2n) is 5.87. The van der Waals surface area contributed by atoms with E-state index in [1.54, 1.807) is 0 Å². The normalized spacial score (nSPS) is 11.2. The number of terminal acetylenes is 1. The lowest BCUT2D eigenvalue weighted by molar-refractivity contribution is 0.894. The van der Waals surface area contributed by atoms with E-state index in [9.17, 15) is 0 Å². The van der Waals surface area contributed by atoms with Gasteiger partial charge in [0.25, 0.3) is 0 Å². The average Bonchev–Trinajstić information content (AvgIpc) is 2.57. The van der Waals surface area contributed by atoms with E-state index in [2.05, 4.69) is 68.9 Å². The molecule has 0 N–H and O–H groups in total. The molecule has 0 saturated heterocycles. The minimum absolute atomic E-state index is 0.155. The summed E-state index contributed by atoms with van der Waals surface area (Å²) in [5.41, 5.74) is 6.20. The Morgan fingerprint density at radius 3 is 2.35 bits per heavy atom. The third-order valence-electron chi connectivity index (χ3n) is 4.04. The summed E-state index contributed by atoms with van der Waals surface area (Å²) in [7, 11) is 0. The highest BCUT2D eigenvalue weighted by Crippen LogP contribution is 2.21. The Morgan fingerprint density at radius 1 is 1.00 bits per heavy atom. The van der Waals surface area contributed by atoms with Crippen molar-refractivity contribution in [3.8, 4) is 24.2 Å². The zero-order valence-corrected chi connectivity index (χ0v) is 14.3. The summed E-state index contributed by atoms with van der Waals surface area (Å²) in [5, 5.41) is 0. The van der Waals surface area contributed by atoms with Gasteiger partial charge >= 0.3 is 0 Å². The van der Waals surface area contributed by atoms with Crippen LogP contribution in [0.15, 0.2) is 42.5 Å².